The Bertz CT molecular complexity index is 6590. The minimum absolute atomic E-state index is 0. The van der Waals surface area contributed by atoms with E-state index in [-0.39, 0.29) is 78.5 Å². The Morgan fingerprint density at radius 1 is 0.478 bits per heavy atom. The summed E-state index contributed by atoms with van der Waals surface area (Å²) in [6.07, 6.45) is 7.39. The van der Waals surface area contributed by atoms with Crippen LogP contribution in [0.25, 0.3) is 44.1 Å². The molecule has 49 heteroatoms. The minimum atomic E-state index is -4.75. The van der Waals surface area contributed by atoms with E-state index in [9.17, 15) is 79.2 Å². The van der Waals surface area contributed by atoms with Gasteiger partial charge in [-0.1, -0.05) is 84.9 Å². The van der Waals surface area contributed by atoms with E-state index in [1.807, 2.05) is 73.0 Å². The van der Waals surface area contributed by atoms with Gasteiger partial charge in [-0.3, -0.25) is 29.6 Å². The summed E-state index contributed by atoms with van der Waals surface area (Å²) >= 11 is 4.85. The van der Waals surface area contributed by atoms with Gasteiger partial charge in [-0.15, -0.1) is 0 Å². The zero-order chi connectivity index (χ0) is 95.1. The molecule has 4 atom stereocenters. The summed E-state index contributed by atoms with van der Waals surface area (Å²) in [4.78, 5) is 84.2. The number of carbonyl (C=O) groups excluding carboxylic acids is 3. The average molecular weight is 2220 g/mol. The maximum absolute atomic E-state index is 13.3. The van der Waals surface area contributed by atoms with Crippen LogP contribution in [0.15, 0.2) is 174 Å². The molecule has 4 unspecified atom stereocenters. The van der Waals surface area contributed by atoms with Gasteiger partial charge in [-0.2, -0.15) is 39.5 Å². The molecule has 17 rings (SSSR count). The molecule has 0 bridgehead atoms. The molecule has 0 aliphatic carbocycles. The number of hydrazine groups is 4. The Kier molecular flexibility index (Phi) is 33.7. The fraction of sp³-hybridized carbons (Fsp3) is 0.388. The summed E-state index contributed by atoms with van der Waals surface area (Å²) in [6, 6.07) is 27.0. The van der Waals surface area contributed by atoms with Crippen LogP contribution in [0.4, 0.5) is 62.8 Å². The number of H-pyrrole nitrogens is 3. The third-order valence-electron chi connectivity index (χ3n) is 22.8. The average Bonchev–Trinajstić information content (AvgIpc) is 1.60. The van der Waals surface area contributed by atoms with Gasteiger partial charge in [0.1, 0.15) is 64.0 Å². The number of hydrogen-bond donors (Lipinski definition) is 3. The number of aldehydes is 1. The molecule has 0 saturated carbocycles. The SMILES string of the molecule is CCOC(=O)C1CCCN(N(C)c2ncnc3c2ccn3S(=O)(=O)c2ccc(C)cc2)C1.CN(c1ncnc2[nH]ccc12)N1CCCC(c2ncc(C(F)(F)F)[nH]2)C1.Cc1ccc(S(=O)(=O)n2ccc3c(N(C)N4CCCC(C=O)C4)ncnc32)cc1.Cc1ccc(S(=O)(=O)n2ccc3c(N(C)N4CCCC(c5ncc(C(F)(F)F)[nH]5)C4)ncnc32)cc1.O=C(C(Br)Br)C(F)(F)F.[CH3-].[W]. The molecule has 3 aromatic carbocycles. The van der Waals surface area contributed by atoms with Gasteiger partial charge in [-0.25, -0.2) is 107 Å². The molecule has 3 N–H and O–H groups in total. The van der Waals surface area contributed by atoms with Crippen LogP contribution in [-0.2, 0) is 82.6 Å². The standard InChI is InChI=1S/C23H24F3N7O2S.C22H27N5O4S.C20H23N5O3S.C16H18F3N7.C3HBr2F3O.CH3.W/c1-15-5-7-17(8-6-15)36(34,35)33-11-9-18-21(28-14-29-22(18)33)31(2)32-10-3-4-16(13-32)20-27-12-19(30-20)23(24,25)26;1-4-31-22(28)17-6-5-12-26(14-17)25(3)20-19-11-13-27(21(19)24-15-23-20)32(29,30)18-9-7-16(2)8-10-18;1-15-5-7-17(8-6-15)29(27,28)25-11-9-18-19(21-14-22-20(18)25)23(2)24-10-3-4-16(12-24)13-26;1-25(15-11-4-5-20-14(11)22-9-23-15)26-6-2-3-10(8-26)13-21-7-12(24-13)16(17,18)19;4-2(5)1(9)3(6,7)8;;/h5-9,11-12,14,16H,3-4,10,13H2,1-2H3,(H,27,30);7-11,13,15,17H,4-6,12,14H2,1-3H3;5-9,11,13-14,16H,3-4,10,12H2,1-2H3;4-5,7,9-10H,2-3,6,8H2,1H3,(H,21,24)(H,20,22,23);2H;1H3;/q;;;;;-1;. The van der Waals surface area contributed by atoms with Crippen molar-refractivity contribution in [1.29, 1.82) is 0 Å². The monoisotopic (exact) mass is 2220 g/mol. The van der Waals surface area contributed by atoms with Crippen LogP contribution < -0.4 is 20.0 Å². The second-order valence-electron chi connectivity index (χ2n) is 31.6. The second kappa shape index (κ2) is 43.5. The van der Waals surface area contributed by atoms with E-state index in [0.717, 1.165) is 121 Å². The van der Waals surface area contributed by atoms with Gasteiger partial charge in [0.05, 0.1) is 61.1 Å². The van der Waals surface area contributed by atoms with E-state index >= 15 is 0 Å². The van der Waals surface area contributed by atoms with Crippen molar-refractivity contribution in [3.05, 3.63) is 207 Å². The van der Waals surface area contributed by atoms with Crippen molar-refractivity contribution in [1.82, 2.24) is 96.7 Å². The van der Waals surface area contributed by atoms with Crippen LogP contribution in [0.3, 0.4) is 0 Å². The third kappa shape index (κ3) is 23.5. The van der Waals surface area contributed by atoms with Crippen molar-refractivity contribution < 1.29 is 105 Å². The van der Waals surface area contributed by atoms with Gasteiger partial charge in [-0.05, 0) is 140 Å². The van der Waals surface area contributed by atoms with Gasteiger partial charge in [0, 0.05) is 144 Å². The third-order valence-corrected chi connectivity index (χ3v) is 28.6. The van der Waals surface area contributed by atoms with E-state index in [4.69, 9.17) is 4.74 Å². The number of alkyl halides is 11. The number of nitrogens with one attached hydrogen (secondary N) is 3. The van der Waals surface area contributed by atoms with Crippen LogP contribution in [-0.4, -0.2) is 237 Å². The number of ketones is 1. The van der Waals surface area contributed by atoms with Crippen LogP contribution in [0.2, 0.25) is 0 Å². The van der Waals surface area contributed by atoms with Gasteiger partial charge >= 0.3 is 24.5 Å². The number of fused-ring (bicyclic) bond motifs is 4. The number of benzene rings is 3. The number of rotatable bonds is 20. The maximum Gasteiger partial charge on any atom is 0.452 e. The number of Topliss-reactive ketones (excluding diaryl/α,β-unsaturated/α-hetero) is 1. The zero-order valence-corrected chi connectivity index (χ0v) is 82.3. The Morgan fingerprint density at radius 3 is 1.16 bits per heavy atom. The molecule has 10 aromatic heterocycles. The molecular formula is C85H96Br2F9N24O10S3W-. The molecule has 134 heavy (non-hydrogen) atoms. The number of aromatic amines is 3. The number of imidazole rings is 2. The van der Waals surface area contributed by atoms with Gasteiger partial charge in [0.15, 0.2) is 40.2 Å². The Morgan fingerprint density at radius 2 is 0.821 bits per heavy atom. The molecule has 4 fully saturated rings. The van der Waals surface area contributed by atoms with E-state index in [1.54, 1.807) is 116 Å². The number of anilines is 4. The minimum Gasteiger partial charge on any atom is -0.466 e. The molecule has 14 heterocycles. The molecule has 0 amide bonds. The van der Waals surface area contributed by atoms with Crippen molar-refractivity contribution in [2.45, 2.75) is 128 Å². The summed E-state index contributed by atoms with van der Waals surface area (Å²) in [7, 11) is -4.01. The van der Waals surface area contributed by atoms with Gasteiger partial charge in [0.25, 0.3) is 35.9 Å². The fourth-order valence-electron chi connectivity index (χ4n) is 15.7. The molecule has 718 valence electrons. The molecule has 4 aliphatic heterocycles. The Balaban J connectivity index is 0.000000167. The largest absolute Gasteiger partial charge is 0.466 e. The predicted molar refractivity (Wildman–Crippen MR) is 486 cm³/mol. The summed E-state index contributed by atoms with van der Waals surface area (Å²) in [5.74, 6) is 0.583. The maximum atomic E-state index is 13.3. The van der Waals surface area contributed by atoms with Crippen LogP contribution >= 0.6 is 31.9 Å². The smallest absolute Gasteiger partial charge is 0.452 e. The first kappa shape index (κ1) is 104. The Labute approximate surface area is 797 Å². The molecule has 4 aliphatic rings. The molecule has 4 saturated heterocycles. The van der Waals surface area contributed by atoms with E-state index in [1.165, 1.54) is 51.8 Å². The number of nitrogens with zero attached hydrogens (tertiary/aromatic N) is 21. The van der Waals surface area contributed by atoms with E-state index < -0.39 is 69.5 Å². The number of aromatic nitrogens is 16. The molecule has 34 nitrogen and oxygen atoms in total. The normalized spacial score (nSPS) is 17.3. The number of esters is 1. The van der Waals surface area contributed by atoms with Crippen LogP contribution in [0.1, 0.15) is 110 Å². The van der Waals surface area contributed by atoms with Crippen molar-refractivity contribution >= 4 is 147 Å². The number of carbonyl (C=O) groups is 3. The number of aryl methyl sites for hydroxylation is 3. The van der Waals surface area contributed by atoms with Crippen molar-refractivity contribution in [3.8, 4) is 0 Å². The summed E-state index contributed by atoms with van der Waals surface area (Å²) in [5.41, 5.74) is 2.87. The summed E-state index contributed by atoms with van der Waals surface area (Å²) < 4.78 is 198. The van der Waals surface area contributed by atoms with Gasteiger partial charge in [0.2, 0.25) is 0 Å². The van der Waals surface area contributed by atoms with Crippen LogP contribution in [0.5, 0.6) is 0 Å². The molecule has 0 spiro atoms. The number of halogens is 11. The predicted octanol–water partition coefficient (Wildman–Crippen LogP) is 14.4. The first-order chi connectivity index (χ1) is 62.6. The molecular weight excluding hydrogens is 2130 g/mol. The zero-order valence-electron chi connectivity index (χ0n) is 73.8. The van der Waals surface area contributed by atoms with Crippen molar-refractivity contribution in [3.63, 3.8) is 0 Å². The quantitative estimate of drug-likeness (QED) is 0.0210. The summed E-state index contributed by atoms with van der Waals surface area (Å²) in [5, 5.41) is 18.4. The topological polar surface area (TPSA) is 380 Å². The number of hydrogen-bond acceptors (Lipinski definition) is 28. The number of ether oxygens (including phenoxy) is 1. The first-order valence-electron chi connectivity index (χ1n) is 41.5. The van der Waals surface area contributed by atoms with Crippen molar-refractivity contribution in [2.75, 3.05) is 107 Å². The van der Waals surface area contributed by atoms with Crippen molar-refractivity contribution in [2.24, 2.45) is 11.8 Å². The van der Waals surface area contributed by atoms with E-state index in [2.05, 4.69) is 107 Å². The van der Waals surface area contributed by atoms with Crippen LogP contribution in [0, 0.1) is 40.0 Å². The molecule has 0 radical (unpaired) electrons. The Hall–Kier alpha value is -10.7. The first-order valence-corrected chi connectivity index (χ1v) is 47.6. The van der Waals surface area contributed by atoms with Gasteiger partial charge < -0.3 is 31.9 Å². The summed E-state index contributed by atoms with van der Waals surface area (Å²) in [6.45, 7) is 13.0. The number of piperidine rings is 4. The fourth-order valence-corrected chi connectivity index (χ4v) is 20.1. The molecule has 13 aromatic rings. The second-order valence-corrected chi connectivity index (χ2v) is 40.1. The van der Waals surface area contributed by atoms with E-state index in [0.29, 0.717) is 102 Å².